The standard InChI is InChI=1S/C19H17BrN2O4/c1-26-19(25)12-4-2-6-15(8-12)21-18(24)13-9-17(23)22(11-13)16-7-3-5-14(20)10-16/h2-8,10,13H,9,11H2,1H3,(H,21,24). The number of carbonyl (C=O) groups excluding carboxylic acids is 3. The molecule has 1 fully saturated rings. The number of nitrogens with zero attached hydrogens (tertiary/aromatic N) is 1. The highest BCUT2D eigenvalue weighted by atomic mass is 79.9. The third-order valence-corrected chi connectivity index (χ3v) is 4.66. The Morgan fingerprint density at radius 2 is 1.96 bits per heavy atom. The van der Waals surface area contributed by atoms with Crippen molar-refractivity contribution in [3.8, 4) is 0 Å². The summed E-state index contributed by atoms with van der Waals surface area (Å²) >= 11 is 3.39. The molecule has 0 bridgehead atoms. The topological polar surface area (TPSA) is 75.7 Å². The summed E-state index contributed by atoms with van der Waals surface area (Å²) in [6, 6.07) is 13.9. The van der Waals surface area contributed by atoms with Crippen molar-refractivity contribution < 1.29 is 19.1 Å². The van der Waals surface area contributed by atoms with Crippen LogP contribution in [0.3, 0.4) is 0 Å². The van der Waals surface area contributed by atoms with Crippen LogP contribution >= 0.6 is 15.9 Å². The van der Waals surface area contributed by atoms with E-state index < -0.39 is 11.9 Å². The predicted octanol–water partition coefficient (Wildman–Crippen LogP) is 3.23. The van der Waals surface area contributed by atoms with Gasteiger partial charge in [0.1, 0.15) is 0 Å². The Labute approximate surface area is 159 Å². The zero-order chi connectivity index (χ0) is 18.7. The van der Waals surface area contributed by atoms with Gasteiger partial charge in [0.2, 0.25) is 11.8 Å². The summed E-state index contributed by atoms with van der Waals surface area (Å²) < 4.78 is 5.55. The number of methoxy groups -OCH3 is 1. The maximum absolute atomic E-state index is 12.5. The lowest BCUT2D eigenvalue weighted by molar-refractivity contribution is -0.122. The first-order valence-corrected chi connectivity index (χ1v) is 8.82. The summed E-state index contributed by atoms with van der Waals surface area (Å²) in [6.45, 7) is 0.317. The molecule has 1 aliphatic rings. The van der Waals surface area contributed by atoms with Crippen LogP contribution < -0.4 is 10.2 Å². The molecule has 134 valence electrons. The first-order valence-electron chi connectivity index (χ1n) is 8.03. The number of anilines is 2. The third-order valence-electron chi connectivity index (χ3n) is 4.17. The van der Waals surface area contributed by atoms with Gasteiger partial charge >= 0.3 is 5.97 Å². The molecule has 2 aromatic rings. The molecule has 1 saturated heterocycles. The molecule has 2 amide bonds. The van der Waals surface area contributed by atoms with E-state index in [-0.39, 0.29) is 18.2 Å². The first kappa shape index (κ1) is 18.1. The van der Waals surface area contributed by atoms with Gasteiger partial charge in [-0.05, 0) is 36.4 Å². The van der Waals surface area contributed by atoms with Gasteiger partial charge in [0.25, 0.3) is 0 Å². The quantitative estimate of drug-likeness (QED) is 0.776. The van der Waals surface area contributed by atoms with E-state index in [9.17, 15) is 14.4 Å². The van der Waals surface area contributed by atoms with Crippen molar-refractivity contribution in [1.82, 2.24) is 0 Å². The van der Waals surface area contributed by atoms with E-state index >= 15 is 0 Å². The zero-order valence-electron chi connectivity index (χ0n) is 14.1. The molecule has 1 unspecified atom stereocenters. The van der Waals surface area contributed by atoms with Gasteiger partial charge in [0, 0.05) is 28.8 Å². The lowest BCUT2D eigenvalue weighted by Crippen LogP contribution is -2.28. The second-order valence-electron chi connectivity index (χ2n) is 5.95. The number of carbonyl (C=O) groups is 3. The van der Waals surface area contributed by atoms with Gasteiger partial charge in [0.05, 0.1) is 18.6 Å². The maximum atomic E-state index is 12.5. The Balaban J connectivity index is 1.70. The maximum Gasteiger partial charge on any atom is 0.337 e. The number of ether oxygens (including phenoxy) is 1. The van der Waals surface area contributed by atoms with E-state index in [4.69, 9.17) is 0 Å². The minimum absolute atomic E-state index is 0.0911. The summed E-state index contributed by atoms with van der Waals surface area (Å²) in [6.07, 6.45) is 0.148. The van der Waals surface area contributed by atoms with Crippen LogP contribution in [0.25, 0.3) is 0 Å². The molecule has 0 aromatic heterocycles. The lowest BCUT2D eigenvalue weighted by Gasteiger charge is -2.17. The van der Waals surface area contributed by atoms with Crippen molar-refractivity contribution >= 4 is 45.1 Å². The fraction of sp³-hybridized carbons (Fsp3) is 0.211. The van der Waals surface area contributed by atoms with Crippen molar-refractivity contribution in [3.63, 3.8) is 0 Å². The Hall–Kier alpha value is -2.67. The third kappa shape index (κ3) is 3.94. The SMILES string of the molecule is COC(=O)c1cccc(NC(=O)C2CC(=O)N(c3cccc(Br)c3)C2)c1. The predicted molar refractivity (Wildman–Crippen MR) is 101 cm³/mol. The molecule has 1 aliphatic heterocycles. The van der Waals surface area contributed by atoms with Gasteiger partial charge in [-0.1, -0.05) is 28.1 Å². The number of hydrogen-bond acceptors (Lipinski definition) is 4. The molecule has 26 heavy (non-hydrogen) atoms. The highest BCUT2D eigenvalue weighted by molar-refractivity contribution is 9.10. The van der Waals surface area contributed by atoms with Crippen LogP contribution in [0.2, 0.25) is 0 Å². The van der Waals surface area contributed by atoms with Crippen molar-refractivity contribution in [1.29, 1.82) is 0 Å². The normalized spacial score (nSPS) is 16.5. The molecule has 0 radical (unpaired) electrons. The van der Waals surface area contributed by atoms with Gasteiger partial charge in [-0.3, -0.25) is 9.59 Å². The van der Waals surface area contributed by atoms with Crippen LogP contribution in [-0.4, -0.2) is 31.4 Å². The second kappa shape index (κ2) is 7.70. The molecule has 0 saturated carbocycles. The molecule has 2 aromatic carbocycles. The van der Waals surface area contributed by atoms with Gasteiger partial charge < -0.3 is 15.0 Å². The van der Waals surface area contributed by atoms with Crippen LogP contribution in [-0.2, 0) is 14.3 Å². The summed E-state index contributed by atoms with van der Waals surface area (Å²) in [5, 5.41) is 2.77. The van der Waals surface area contributed by atoms with E-state index in [0.29, 0.717) is 17.8 Å². The number of halogens is 1. The number of hydrogen-bond donors (Lipinski definition) is 1. The van der Waals surface area contributed by atoms with Gasteiger partial charge in [0.15, 0.2) is 0 Å². The Morgan fingerprint density at radius 3 is 2.69 bits per heavy atom. The Bertz CT molecular complexity index is 868. The first-order chi connectivity index (χ1) is 12.5. The average molecular weight is 417 g/mol. The summed E-state index contributed by atoms with van der Waals surface area (Å²) in [4.78, 5) is 38.0. The Morgan fingerprint density at radius 1 is 1.19 bits per heavy atom. The molecule has 6 nitrogen and oxygen atoms in total. The number of amides is 2. The van der Waals surface area contributed by atoms with Gasteiger partial charge in [-0.2, -0.15) is 0 Å². The van der Waals surface area contributed by atoms with Crippen LogP contribution in [0, 0.1) is 5.92 Å². The van der Waals surface area contributed by atoms with Crippen LogP contribution in [0.5, 0.6) is 0 Å². The smallest absolute Gasteiger partial charge is 0.337 e. The molecular formula is C19H17BrN2O4. The summed E-state index contributed by atoms with van der Waals surface area (Å²) in [7, 11) is 1.30. The van der Waals surface area contributed by atoms with E-state index in [2.05, 4.69) is 26.0 Å². The zero-order valence-corrected chi connectivity index (χ0v) is 15.7. The second-order valence-corrected chi connectivity index (χ2v) is 6.86. The summed E-state index contributed by atoms with van der Waals surface area (Å²) in [5.74, 6) is -1.27. The van der Waals surface area contributed by atoms with Crippen molar-refractivity contribution in [2.45, 2.75) is 6.42 Å². The minimum Gasteiger partial charge on any atom is -0.465 e. The number of benzene rings is 2. The van der Waals surface area contributed by atoms with E-state index in [1.807, 2.05) is 24.3 Å². The van der Waals surface area contributed by atoms with E-state index in [0.717, 1.165) is 10.2 Å². The van der Waals surface area contributed by atoms with Crippen molar-refractivity contribution in [3.05, 3.63) is 58.6 Å². The molecule has 0 aliphatic carbocycles. The highest BCUT2D eigenvalue weighted by Crippen LogP contribution is 2.28. The van der Waals surface area contributed by atoms with Gasteiger partial charge in [-0.25, -0.2) is 4.79 Å². The monoisotopic (exact) mass is 416 g/mol. The van der Waals surface area contributed by atoms with E-state index in [1.165, 1.54) is 7.11 Å². The largest absolute Gasteiger partial charge is 0.465 e. The fourth-order valence-electron chi connectivity index (χ4n) is 2.86. The highest BCUT2D eigenvalue weighted by Gasteiger charge is 2.35. The van der Waals surface area contributed by atoms with Crippen molar-refractivity contribution in [2.24, 2.45) is 5.92 Å². The molecule has 1 atom stereocenters. The molecular weight excluding hydrogens is 400 g/mol. The van der Waals surface area contributed by atoms with Crippen LogP contribution in [0.4, 0.5) is 11.4 Å². The fourth-order valence-corrected chi connectivity index (χ4v) is 3.25. The van der Waals surface area contributed by atoms with Gasteiger partial charge in [-0.15, -0.1) is 0 Å². The number of rotatable bonds is 4. The molecule has 7 heteroatoms. The van der Waals surface area contributed by atoms with Crippen molar-refractivity contribution in [2.75, 3.05) is 23.9 Å². The lowest BCUT2D eigenvalue weighted by atomic mass is 10.1. The molecule has 3 rings (SSSR count). The number of esters is 1. The molecule has 1 N–H and O–H groups in total. The van der Waals surface area contributed by atoms with E-state index in [1.54, 1.807) is 29.2 Å². The molecule has 0 spiro atoms. The number of nitrogens with one attached hydrogen (secondary N) is 1. The molecule has 1 heterocycles. The average Bonchev–Trinajstić information content (AvgIpc) is 3.03. The van der Waals surface area contributed by atoms with Crippen LogP contribution in [0.1, 0.15) is 16.8 Å². The minimum atomic E-state index is -0.474. The Kier molecular flexibility index (Phi) is 5.37. The summed E-state index contributed by atoms with van der Waals surface area (Å²) in [5.41, 5.74) is 1.60. The van der Waals surface area contributed by atoms with Crippen LogP contribution in [0.15, 0.2) is 53.0 Å².